The van der Waals surface area contributed by atoms with Crippen molar-refractivity contribution < 1.29 is 18.3 Å². The highest BCUT2D eigenvalue weighted by atomic mass is 35.5. The lowest BCUT2D eigenvalue weighted by Gasteiger charge is -2.06. The van der Waals surface area contributed by atoms with Crippen LogP contribution in [0.25, 0.3) is 0 Å². The Morgan fingerprint density at radius 2 is 1.37 bits per heavy atom. The number of unbranched alkanes of at least 4 members (excludes halogenated alkanes) is 2. The third-order valence-corrected chi connectivity index (χ3v) is 6.50. The van der Waals surface area contributed by atoms with Gasteiger partial charge < -0.3 is 5.11 Å². The fourth-order valence-corrected chi connectivity index (χ4v) is 4.32. The van der Waals surface area contributed by atoms with E-state index in [2.05, 4.69) is 12.1 Å². The van der Waals surface area contributed by atoms with Gasteiger partial charge in [0.1, 0.15) is 0 Å². The summed E-state index contributed by atoms with van der Waals surface area (Å²) in [6.45, 7) is 0. The van der Waals surface area contributed by atoms with Crippen molar-refractivity contribution in [1.29, 1.82) is 0 Å². The van der Waals surface area contributed by atoms with Crippen molar-refractivity contribution >= 4 is 27.4 Å². The molecule has 0 atom stereocenters. The molecule has 146 valence electrons. The fourth-order valence-electron chi connectivity index (χ4n) is 2.88. The number of carboxylic acids is 1. The van der Waals surface area contributed by atoms with E-state index in [1.165, 1.54) is 5.56 Å². The van der Waals surface area contributed by atoms with Gasteiger partial charge >= 0.3 is 5.97 Å². The van der Waals surface area contributed by atoms with Crippen LogP contribution in [0.5, 0.6) is 0 Å². The van der Waals surface area contributed by atoms with Crippen LogP contribution in [0.2, 0.25) is 5.02 Å². The van der Waals surface area contributed by atoms with Gasteiger partial charge in [0.25, 0.3) is 0 Å². The quantitative estimate of drug-likeness (QED) is 0.535. The van der Waals surface area contributed by atoms with Gasteiger partial charge in [0, 0.05) is 11.4 Å². The lowest BCUT2D eigenvalue weighted by Crippen LogP contribution is -2.07. The van der Waals surface area contributed by atoms with Crippen molar-refractivity contribution in [3.8, 4) is 0 Å². The Hall–Kier alpha value is -1.85. The summed E-state index contributed by atoms with van der Waals surface area (Å²) in [5, 5.41) is 9.14. The number of halogens is 1. The van der Waals surface area contributed by atoms with Crippen LogP contribution in [0, 0.1) is 0 Å². The lowest BCUT2D eigenvalue weighted by atomic mass is 10.0. The topological polar surface area (TPSA) is 71.4 Å². The normalized spacial score (nSPS) is 11.4. The molecule has 1 N–H and O–H groups in total. The van der Waals surface area contributed by atoms with E-state index in [0.717, 1.165) is 31.2 Å². The third kappa shape index (κ3) is 7.73. The Bertz CT molecular complexity index is 827. The maximum absolute atomic E-state index is 12.3. The van der Waals surface area contributed by atoms with Crippen molar-refractivity contribution in [2.75, 3.05) is 5.75 Å². The number of aliphatic carboxylic acids is 1. The Morgan fingerprint density at radius 3 is 1.93 bits per heavy atom. The van der Waals surface area contributed by atoms with Crippen molar-refractivity contribution in [2.45, 2.75) is 49.8 Å². The first-order valence-electron chi connectivity index (χ1n) is 9.15. The van der Waals surface area contributed by atoms with E-state index in [1.54, 1.807) is 24.3 Å². The molecule has 0 spiro atoms. The van der Waals surface area contributed by atoms with Crippen LogP contribution in [-0.4, -0.2) is 25.2 Å². The summed E-state index contributed by atoms with van der Waals surface area (Å²) in [7, 11) is -3.28. The maximum atomic E-state index is 12.3. The number of carboxylic acid groups (broad SMARTS) is 1. The zero-order valence-electron chi connectivity index (χ0n) is 15.2. The largest absolute Gasteiger partial charge is 0.481 e. The van der Waals surface area contributed by atoms with Crippen LogP contribution in [0.1, 0.15) is 43.2 Å². The average Bonchev–Trinajstić information content (AvgIpc) is 2.63. The molecule has 0 bridgehead atoms. The fraction of sp³-hybridized carbons (Fsp3) is 0.381. The molecule has 0 aromatic heterocycles. The van der Waals surface area contributed by atoms with Crippen LogP contribution in [0.3, 0.4) is 0 Å². The molecule has 0 aliphatic heterocycles. The minimum atomic E-state index is -3.28. The third-order valence-electron chi connectivity index (χ3n) is 4.43. The Balaban J connectivity index is 1.74. The van der Waals surface area contributed by atoms with Crippen LogP contribution >= 0.6 is 11.6 Å². The second-order valence-corrected chi connectivity index (χ2v) is 9.19. The first kappa shape index (κ1) is 21.5. The molecule has 2 aromatic carbocycles. The van der Waals surface area contributed by atoms with E-state index >= 15 is 0 Å². The van der Waals surface area contributed by atoms with Crippen molar-refractivity contribution in [1.82, 2.24) is 0 Å². The molecule has 2 aromatic rings. The van der Waals surface area contributed by atoms with Crippen LogP contribution in [-0.2, 0) is 27.5 Å². The predicted octanol–water partition coefficient (Wildman–Crippen LogP) is 4.93. The Morgan fingerprint density at radius 1 is 0.815 bits per heavy atom. The van der Waals surface area contributed by atoms with Crippen LogP contribution in [0.15, 0.2) is 53.4 Å². The number of rotatable bonds is 11. The summed E-state index contributed by atoms with van der Waals surface area (Å²) in [5.41, 5.74) is 2.35. The molecule has 6 heteroatoms. The van der Waals surface area contributed by atoms with Gasteiger partial charge in [0.05, 0.1) is 10.6 Å². The number of carbonyl (C=O) groups is 1. The number of benzene rings is 2. The standard InChI is InChI=1S/C21H25ClO4S/c22-19-12-14-20(15-13-19)27(25,26)16-4-6-18-10-8-17(9-11-18)5-2-1-3-7-21(23)24/h8-15H,1-7,16H2,(H,23,24). The molecule has 2 rings (SSSR count). The van der Waals surface area contributed by atoms with E-state index in [1.807, 2.05) is 12.1 Å². The number of sulfone groups is 1. The first-order valence-corrected chi connectivity index (χ1v) is 11.2. The predicted molar refractivity (Wildman–Crippen MR) is 108 cm³/mol. The summed E-state index contributed by atoms with van der Waals surface area (Å²) in [4.78, 5) is 10.8. The Labute approximate surface area is 166 Å². The monoisotopic (exact) mass is 408 g/mol. The van der Waals surface area contributed by atoms with Crippen LogP contribution < -0.4 is 0 Å². The second-order valence-electron chi connectivity index (χ2n) is 6.65. The van der Waals surface area contributed by atoms with E-state index in [9.17, 15) is 13.2 Å². The Kier molecular flexibility index (Phi) is 8.32. The molecule has 0 amide bonds. The molecular weight excluding hydrogens is 384 g/mol. The number of aryl methyl sites for hydroxylation is 2. The summed E-state index contributed by atoms with van der Waals surface area (Å²) in [6.07, 6.45) is 5.06. The van der Waals surface area contributed by atoms with Crippen molar-refractivity contribution in [3.05, 3.63) is 64.7 Å². The molecule has 27 heavy (non-hydrogen) atoms. The molecular formula is C21H25ClO4S. The highest BCUT2D eigenvalue weighted by molar-refractivity contribution is 7.91. The van der Waals surface area contributed by atoms with Crippen LogP contribution in [0.4, 0.5) is 0 Å². The smallest absolute Gasteiger partial charge is 0.303 e. The zero-order valence-corrected chi connectivity index (χ0v) is 16.8. The maximum Gasteiger partial charge on any atom is 0.303 e. The van der Waals surface area contributed by atoms with Gasteiger partial charge in [-0.05, 0) is 67.5 Å². The zero-order chi connectivity index (χ0) is 19.7. The summed E-state index contributed by atoms with van der Waals surface area (Å²) in [5.74, 6) is -0.627. The molecule has 0 aliphatic rings. The molecule has 0 radical (unpaired) electrons. The molecule has 0 fully saturated rings. The van der Waals surface area contributed by atoms with Crippen molar-refractivity contribution in [3.63, 3.8) is 0 Å². The van der Waals surface area contributed by atoms with E-state index in [4.69, 9.17) is 16.7 Å². The molecule has 4 nitrogen and oxygen atoms in total. The first-order chi connectivity index (χ1) is 12.9. The number of hydrogen-bond donors (Lipinski definition) is 1. The lowest BCUT2D eigenvalue weighted by molar-refractivity contribution is -0.137. The molecule has 0 unspecified atom stereocenters. The molecule has 0 saturated carbocycles. The summed E-state index contributed by atoms with van der Waals surface area (Å²) < 4.78 is 24.6. The molecule has 0 aliphatic carbocycles. The molecule has 0 saturated heterocycles. The van der Waals surface area contributed by atoms with E-state index in [-0.39, 0.29) is 12.2 Å². The highest BCUT2D eigenvalue weighted by Gasteiger charge is 2.13. The van der Waals surface area contributed by atoms with E-state index in [0.29, 0.717) is 22.8 Å². The summed E-state index contributed by atoms with van der Waals surface area (Å²) in [6, 6.07) is 14.5. The SMILES string of the molecule is O=C(O)CCCCCc1ccc(CCCS(=O)(=O)c2ccc(Cl)cc2)cc1. The minimum Gasteiger partial charge on any atom is -0.481 e. The molecule has 0 heterocycles. The van der Waals surface area contributed by atoms with Gasteiger partial charge in [-0.25, -0.2) is 8.42 Å². The van der Waals surface area contributed by atoms with Gasteiger partial charge in [-0.2, -0.15) is 0 Å². The van der Waals surface area contributed by atoms with Gasteiger partial charge in [0.2, 0.25) is 0 Å². The summed E-state index contributed by atoms with van der Waals surface area (Å²) >= 11 is 5.80. The highest BCUT2D eigenvalue weighted by Crippen LogP contribution is 2.17. The number of hydrogen-bond acceptors (Lipinski definition) is 3. The van der Waals surface area contributed by atoms with Gasteiger partial charge in [-0.3, -0.25) is 4.79 Å². The average molecular weight is 409 g/mol. The minimum absolute atomic E-state index is 0.111. The van der Waals surface area contributed by atoms with E-state index < -0.39 is 15.8 Å². The van der Waals surface area contributed by atoms with Gasteiger partial charge in [-0.1, -0.05) is 42.3 Å². The van der Waals surface area contributed by atoms with Gasteiger partial charge in [-0.15, -0.1) is 0 Å². The van der Waals surface area contributed by atoms with Gasteiger partial charge in [0.15, 0.2) is 9.84 Å². The second kappa shape index (κ2) is 10.5. The van der Waals surface area contributed by atoms with Crippen molar-refractivity contribution in [2.24, 2.45) is 0 Å².